The summed E-state index contributed by atoms with van der Waals surface area (Å²) >= 11 is 0. The molecule has 0 spiro atoms. The van der Waals surface area contributed by atoms with Crippen molar-refractivity contribution in [2.75, 3.05) is 19.0 Å². The molecule has 0 aliphatic heterocycles. The minimum absolute atomic E-state index is 0.00656. The van der Waals surface area contributed by atoms with Gasteiger partial charge in [-0.25, -0.2) is 5.43 Å². The van der Waals surface area contributed by atoms with Gasteiger partial charge in [0, 0.05) is 26.2 Å². The zero-order chi connectivity index (χ0) is 19.7. The summed E-state index contributed by atoms with van der Waals surface area (Å²) in [4.78, 5) is 13.9. The number of carbonyl (C=O) groups excluding carboxylic acids is 1. The molecule has 1 rings (SSSR count). The number of benzene rings is 1. The first kappa shape index (κ1) is 23.2. The highest BCUT2D eigenvalue weighted by molar-refractivity contribution is 5.82. The van der Waals surface area contributed by atoms with E-state index in [0.717, 1.165) is 24.1 Å². The second-order valence-corrected chi connectivity index (χ2v) is 7.56. The van der Waals surface area contributed by atoms with Gasteiger partial charge in [0.25, 0.3) is 0 Å². The van der Waals surface area contributed by atoms with Crippen LogP contribution in [-0.4, -0.2) is 26.2 Å². The van der Waals surface area contributed by atoms with Crippen molar-refractivity contribution in [3.63, 3.8) is 0 Å². The van der Waals surface area contributed by atoms with Gasteiger partial charge in [0.1, 0.15) is 0 Å². The molecule has 0 unspecified atom stereocenters. The average Bonchev–Trinajstić information content (AvgIpc) is 2.66. The van der Waals surface area contributed by atoms with Crippen LogP contribution >= 0.6 is 0 Å². The predicted molar refractivity (Wildman–Crippen MR) is 118 cm³/mol. The molecule has 0 aliphatic carbocycles. The fraction of sp³-hybridized carbons (Fsp3) is 0.652. The van der Waals surface area contributed by atoms with Gasteiger partial charge in [-0.2, -0.15) is 5.10 Å². The molecular weight excluding hydrogens is 334 g/mol. The summed E-state index contributed by atoms with van der Waals surface area (Å²) in [5.74, 6) is 0.00656. The summed E-state index contributed by atoms with van der Waals surface area (Å²) in [6.45, 7) is 2.26. The Labute approximate surface area is 166 Å². The van der Waals surface area contributed by atoms with Crippen molar-refractivity contribution < 1.29 is 4.79 Å². The molecule has 0 radical (unpaired) electrons. The number of hydrogen-bond acceptors (Lipinski definition) is 3. The van der Waals surface area contributed by atoms with Gasteiger partial charge >= 0.3 is 0 Å². The zero-order valence-electron chi connectivity index (χ0n) is 17.7. The molecule has 0 fully saturated rings. The van der Waals surface area contributed by atoms with Crippen molar-refractivity contribution in [1.29, 1.82) is 0 Å². The van der Waals surface area contributed by atoms with Crippen molar-refractivity contribution in [1.82, 2.24) is 5.43 Å². The highest BCUT2D eigenvalue weighted by Gasteiger charge is 2.00. The Morgan fingerprint density at radius 3 is 1.93 bits per heavy atom. The van der Waals surface area contributed by atoms with Crippen LogP contribution in [0, 0.1) is 0 Å². The lowest BCUT2D eigenvalue weighted by Gasteiger charge is -2.11. The number of carbonyl (C=O) groups is 1. The molecule has 0 heterocycles. The lowest BCUT2D eigenvalue weighted by Crippen LogP contribution is -2.16. The third-order valence-electron chi connectivity index (χ3n) is 4.82. The maximum atomic E-state index is 11.8. The summed E-state index contributed by atoms with van der Waals surface area (Å²) in [5.41, 5.74) is 4.75. The Kier molecular flexibility index (Phi) is 13.1. The number of hydrazone groups is 1. The van der Waals surface area contributed by atoms with E-state index in [1.807, 2.05) is 38.4 Å². The third kappa shape index (κ3) is 12.2. The van der Waals surface area contributed by atoms with E-state index >= 15 is 0 Å². The molecule has 1 aromatic carbocycles. The molecule has 0 aliphatic rings. The summed E-state index contributed by atoms with van der Waals surface area (Å²) in [7, 11) is 4.02. The first-order chi connectivity index (χ1) is 13.1. The minimum atomic E-state index is 0.00656. The van der Waals surface area contributed by atoms with Crippen LogP contribution in [-0.2, 0) is 4.79 Å². The molecule has 1 aromatic rings. The number of nitrogens with one attached hydrogen (secondary N) is 1. The van der Waals surface area contributed by atoms with Crippen LogP contribution in [0.25, 0.3) is 0 Å². The lowest BCUT2D eigenvalue weighted by molar-refractivity contribution is -0.121. The van der Waals surface area contributed by atoms with Gasteiger partial charge in [-0.15, -0.1) is 0 Å². The summed E-state index contributed by atoms with van der Waals surface area (Å²) < 4.78 is 0. The van der Waals surface area contributed by atoms with Gasteiger partial charge < -0.3 is 4.90 Å². The fourth-order valence-corrected chi connectivity index (χ4v) is 3.04. The maximum absolute atomic E-state index is 11.8. The fourth-order valence-electron chi connectivity index (χ4n) is 3.04. The highest BCUT2D eigenvalue weighted by Crippen LogP contribution is 2.12. The van der Waals surface area contributed by atoms with Crippen LogP contribution in [0.4, 0.5) is 5.69 Å². The summed E-state index contributed by atoms with van der Waals surface area (Å²) in [6.07, 6.45) is 16.5. The number of amides is 1. The molecule has 0 atom stereocenters. The van der Waals surface area contributed by atoms with Gasteiger partial charge in [0.2, 0.25) is 5.91 Å². The molecule has 4 heteroatoms. The topological polar surface area (TPSA) is 44.7 Å². The Balaban J connectivity index is 1.99. The molecule has 1 amide bonds. The molecule has 4 nitrogen and oxygen atoms in total. The molecule has 152 valence electrons. The van der Waals surface area contributed by atoms with Crippen LogP contribution in [0.15, 0.2) is 29.4 Å². The van der Waals surface area contributed by atoms with Crippen LogP contribution in [0.5, 0.6) is 0 Å². The van der Waals surface area contributed by atoms with E-state index in [1.165, 1.54) is 57.8 Å². The number of anilines is 1. The van der Waals surface area contributed by atoms with Gasteiger partial charge in [0.15, 0.2) is 0 Å². The van der Waals surface area contributed by atoms with Crippen LogP contribution in [0.3, 0.4) is 0 Å². The number of hydrogen-bond donors (Lipinski definition) is 1. The molecule has 0 saturated heterocycles. The highest BCUT2D eigenvalue weighted by atomic mass is 16.2. The van der Waals surface area contributed by atoms with Crippen LogP contribution in [0.1, 0.15) is 89.5 Å². The van der Waals surface area contributed by atoms with Crippen molar-refractivity contribution in [2.24, 2.45) is 5.10 Å². The standard InChI is InChI=1S/C23H39N3O/c1-4-5-6-7-8-9-10-11-12-13-14-15-23(27)25-24-20-21-16-18-22(19-17-21)26(2)3/h16-20H,4-15H2,1-3H3,(H,25,27)/b24-20+. The van der Waals surface area contributed by atoms with E-state index in [1.54, 1.807) is 6.21 Å². The normalized spacial score (nSPS) is 11.1. The smallest absolute Gasteiger partial charge is 0.240 e. The first-order valence-corrected chi connectivity index (χ1v) is 10.7. The molecule has 27 heavy (non-hydrogen) atoms. The van der Waals surface area contributed by atoms with E-state index < -0.39 is 0 Å². The zero-order valence-corrected chi connectivity index (χ0v) is 17.7. The SMILES string of the molecule is CCCCCCCCCCCCCC(=O)N/N=C/c1ccc(N(C)C)cc1. The minimum Gasteiger partial charge on any atom is -0.378 e. The Morgan fingerprint density at radius 2 is 1.41 bits per heavy atom. The molecule has 0 bridgehead atoms. The van der Waals surface area contributed by atoms with Crippen molar-refractivity contribution in [3.8, 4) is 0 Å². The second kappa shape index (κ2) is 15.2. The average molecular weight is 374 g/mol. The Morgan fingerprint density at radius 1 is 0.889 bits per heavy atom. The number of rotatable bonds is 15. The third-order valence-corrected chi connectivity index (χ3v) is 4.82. The Bertz CT molecular complexity index is 523. The van der Waals surface area contributed by atoms with Crippen molar-refractivity contribution >= 4 is 17.8 Å². The maximum Gasteiger partial charge on any atom is 0.240 e. The van der Waals surface area contributed by atoms with E-state index in [-0.39, 0.29) is 5.91 Å². The quantitative estimate of drug-likeness (QED) is 0.236. The molecular formula is C23H39N3O. The lowest BCUT2D eigenvalue weighted by atomic mass is 10.1. The Hall–Kier alpha value is -1.84. The van der Waals surface area contributed by atoms with Gasteiger partial charge in [-0.1, -0.05) is 83.3 Å². The number of unbranched alkanes of at least 4 members (excludes halogenated alkanes) is 10. The molecule has 1 N–H and O–H groups in total. The predicted octanol–water partition coefficient (Wildman–Crippen LogP) is 5.90. The summed E-state index contributed by atoms with van der Waals surface area (Å²) in [6, 6.07) is 8.06. The van der Waals surface area contributed by atoms with Crippen LogP contribution in [0.2, 0.25) is 0 Å². The van der Waals surface area contributed by atoms with Gasteiger partial charge in [0.05, 0.1) is 6.21 Å². The van der Waals surface area contributed by atoms with E-state index in [0.29, 0.717) is 6.42 Å². The van der Waals surface area contributed by atoms with Crippen molar-refractivity contribution in [2.45, 2.75) is 84.0 Å². The van der Waals surface area contributed by atoms with E-state index in [9.17, 15) is 4.79 Å². The van der Waals surface area contributed by atoms with E-state index in [2.05, 4.69) is 22.4 Å². The monoisotopic (exact) mass is 373 g/mol. The second-order valence-electron chi connectivity index (χ2n) is 7.56. The summed E-state index contributed by atoms with van der Waals surface area (Å²) in [5, 5.41) is 4.05. The number of nitrogens with zero attached hydrogens (tertiary/aromatic N) is 2. The molecule has 0 aromatic heterocycles. The van der Waals surface area contributed by atoms with Gasteiger partial charge in [-0.3, -0.25) is 4.79 Å². The first-order valence-electron chi connectivity index (χ1n) is 10.7. The largest absolute Gasteiger partial charge is 0.378 e. The van der Waals surface area contributed by atoms with Crippen LogP contribution < -0.4 is 10.3 Å². The van der Waals surface area contributed by atoms with Crippen molar-refractivity contribution in [3.05, 3.63) is 29.8 Å². The van der Waals surface area contributed by atoms with E-state index in [4.69, 9.17) is 0 Å². The van der Waals surface area contributed by atoms with Gasteiger partial charge in [-0.05, 0) is 24.1 Å². The molecule has 0 saturated carbocycles.